The van der Waals surface area contributed by atoms with Gasteiger partial charge in [-0.2, -0.15) is 0 Å². The summed E-state index contributed by atoms with van der Waals surface area (Å²) >= 11 is 0. The Hall–Kier alpha value is -2.12. The highest BCUT2D eigenvalue weighted by atomic mass is 19.3. The van der Waals surface area contributed by atoms with E-state index in [1.807, 2.05) is 13.8 Å². The third-order valence-corrected chi connectivity index (χ3v) is 4.51. The second-order valence-electron chi connectivity index (χ2n) is 6.84. The largest absolute Gasteiger partial charge is 0.490 e. The molecule has 7 heteroatoms. The number of fused-ring (bicyclic) bond motifs is 1. The highest BCUT2D eigenvalue weighted by molar-refractivity contribution is 5.70. The van der Waals surface area contributed by atoms with Gasteiger partial charge in [0.1, 0.15) is 17.3 Å². The van der Waals surface area contributed by atoms with Gasteiger partial charge in [0, 0.05) is 23.1 Å². The van der Waals surface area contributed by atoms with Gasteiger partial charge in [-0.1, -0.05) is 13.8 Å². The molecule has 4 nitrogen and oxygen atoms in total. The molecule has 1 aromatic heterocycles. The third-order valence-electron chi connectivity index (χ3n) is 4.51. The summed E-state index contributed by atoms with van der Waals surface area (Å²) in [6.07, 6.45) is -3.10. The fourth-order valence-electron chi connectivity index (χ4n) is 2.84. The van der Waals surface area contributed by atoms with Crippen molar-refractivity contribution in [3.05, 3.63) is 47.4 Å². The molecule has 0 aliphatic carbocycles. The highest BCUT2D eigenvalue weighted by Crippen LogP contribution is 2.45. The Kier molecular flexibility index (Phi) is 4.25. The van der Waals surface area contributed by atoms with Gasteiger partial charge < -0.3 is 15.6 Å². The zero-order chi connectivity index (χ0) is 18.4. The Bertz CT molecular complexity index is 794. The van der Waals surface area contributed by atoms with Crippen molar-refractivity contribution in [2.45, 2.75) is 31.3 Å². The van der Waals surface area contributed by atoms with Crippen LogP contribution in [0.15, 0.2) is 30.3 Å². The van der Waals surface area contributed by atoms with Crippen molar-refractivity contribution in [1.82, 2.24) is 4.98 Å². The van der Waals surface area contributed by atoms with Gasteiger partial charge in [-0.3, -0.25) is 0 Å². The number of benzene rings is 1. The van der Waals surface area contributed by atoms with E-state index in [2.05, 4.69) is 4.98 Å². The van der Waals surface area contributed by atoms with E-state index in [0.29, 0.717) is 23.5 Å². The fraction of sp³-hybridized carbons (Fsp3) is 0.389. The lowest BCUT2D eigenvalue weighted by molar-refractivity contribution is -0.0975. The number of halogens is 3. The van der Waals surface area contributed by atoms with Crippen molar-refractivity contribution in [3.8, 4) is 17.0 Å². The molecule has 134 valence electrons. The summed E-state index contributed by atoms with van der Waals surface area (Å²) in [6, 6.07) is 6.89. The van der Waals surface area contributed by atoms with Crippen LogP contribution in [0.2, 0.25) is 0 Å². The Labute approximate surface area is 143 Å². The van der Waals surface area contributed by atoms with Crippen LogP contribution >= 0.6 is 0 Å². The molecule has 0 saturated heterocycles. The molecule has 0 saturated carbocycles. The number of nitrogens with zero attached hydrogens (tertiary/aromatic N) is 1. The van der Waals surface area contributed by atoms with Crippen LogP contribution in [-0.2, 0) is 11.0 Å². The monoisotopic (exact) mass is 352 g/mol. The Morgan fingerprint density at radius 2 is 1.96 bits per heavy atom. The lowest BCUT2D eigenvalue weighted by atomic mass is 9.84. The zero-order valence-corrected chi connectivity index (χ0v) is 13.9. The van der Waals surface area contributed by atoms with Gasteiger partial charge >= 0.3 is 0 Å². The minimum absolute atomic E-state index is 0.221. The van der Waals surface area contributed by atoms with Crippen LogP contribution in [-0.4, -0.2) is 29.7 Å². The topological polar surface area (TPSA) is 68.4 Å². The van der Waals surface area contributed by atoms with Crippen molar-refractivity contribution in [2.75, 3.05) is 13.2 Å². The molecule has 0 spiro atoms. The molecule has 2 heterocycles. The lowest BCUT2D eigenvalue weighted by Crippen LogP contribution is -2.42. The first-order chi connectivity index (χ1) is 11.7. The average Bonchev–Trinajstić information content (AvgIpc) is 2.89. The second-order valence-corrected chi connectivity index (χ2v) is 6.84. The fourth-order valence-corrected chi connectivity index (χ4v) is 2.84. The molecule has 1 aliphatic heterocycles. The molecule has 3 N–H and O–H groups in total. The highest BCUT2D eigenvalue weighted by Gasteiger charge is 2.43. The van der Waals surface area contributed by atoms with Crippen molar-refractivity contribution in [3.63, 3.8) is 0 Å². The Morgan fingerprint density at radius 1 is 1.32 bits per heavy atom. The molecular weight excluding hydrogens is 333 g/mol. The van der Waals surface area contributed by atoms with E-state index in [-0.39, 0.29) is 11.4 Å². The summed E-state index contributed by atoms with van der Waals surface area (Å²) in [5.74, 6) is 0.0258. The predicted molar refractivity (Wildman–Crippen MR) is 87.1 cm³/mol. The summed E-state index contributed by atoms with van der Waals surface area (Å²) in [7, 11) is 0. The van der Waals surface area contributed by atoms with Gasteiger partial charge in [-0.25, -0.2) is 18.2 Å². The van der Waals surface area contributed by atoms with Crippen LogP contribution in [0, 0.1) is 5.82 Å². The molecule has 1 unspecified atom stereocenters. The zero-order valence-electron chi connectivity index (χ0n) is 13.9. The van der Waals surface area contributed by atoms with Crippen LogP contribution < -0.4 is 10.5 Å². The van der Waals surface area contributed by atoms with E-state index in [9.17, 15) is 18.3 Å². The molecule has 2 aromatic rings. The molecular formula is C18H19F3N2O2. The number of hydrogen-bond donors (Lipinski definition) is 2. The normalized spacial score (nSPS) is 17.9. The summed E-state index contributed by atoms with van der Waals surface area (Å²) in [5, 5.41) is 10.3. The molecule has 0 fully saturated rings. The Morgan fingerprint density at radius 3 is 2.52 bits per heavy atom. The van der Waals surface area contributed by atoms with Gasteiger partial charge in [0.2, 0.25) is 0 Å². The number of hydrogen-bond acceptors (Lipinski definition) is 4. The maximum Gasteiger partial charge on any atom is 0.273 e. The number of rotatable bonds is 4. The summed E-state index contributed by atoms with van der Waals surface area (Å²) < 4.78 is 45.9. The van der Waals surface area contributed by atoms with E-state index in [1.165, 1.54) is 30.3 Å². The van der Waals surface area contributed by atoms with E-state index >= 15 is 0 Å². The Balaban J connectivity index is 2.26. The minimum Gasteiger partial charge on any atom is -0.490 e. The third kappa shape index (κ3) is 2.87. The van der Waals surface area contributed by atoms with E-state index in [1.54, 1.807) is 0 Å². The van der Waals surface area contributed by atoms with E-state index < -0.39 is 29.8 Å². The average molecular weight is 352 g/mol. The van der Waals surface area contributed by atoms with Crippen molar-refractivity contribution < 1.29 is 23.0 Å². The molecule has 1 aliphatic rings. The van der Waals surface area contributed by atoms with Crippen LogP contribution in [0.5, 0.6) is 5.75 Å². The van der Waals surface area contributed by atoms with Crippen molar-refractivity contribution >= 4 is 0 Å². The number of alkyl halides is 2. The standard InChI is InChI=1S/C18H19F3N2O2/c1-17(2)9-25-15-12(17)7-13(18(24,8-22)16(20)21)23-14(15)10-3-5-11(19)6-4-10/h3-7,16,24H,8-9,22H2,1-2H3. The van der Waals surface area contributed by atoms with Gasteiger partial charge in [-0.15, -0.1) is 0 Å². The van der Waals surface area contributed by atoms with Crippen LogP contribution in [0.4, 0.5) is 13.2 Å². The maximum absolute atomic E-state index is 13.5. The molecule has 1 aromatic carbocycles. The van der Waals surface area contributed by atoms with Crippen molar-refractivity contribution in [2.24, 2.45) is 5.73 Å². The minimum atomic E-state index is -3.10. The van der Waals surface area contributed by atoms with Crippen LogP contribution in [0.3, 0.4) is 0 Å². The molecule has 0 amide bonds. The first kappa shape index (κ1) is 17.7. The van der Waals surface area contributed by atoms with Crippen LogP contribution in [0.25, 0.3) is 11.3 Å². The molecule has 25 heavy (non-hydrogen) atoms. The van der Waals surface area contributed by atoms with E-state index in [4.69, 9.17) is 10.5 Å². The van der Waals surface area contributed by atoms with Gasteiger partial charge in [-0.05, 0) is 30.3 Å². The molecule has 0 radical (unpaired) electrons. The first-order valence-corrected chi connectivity index (χ1v) is 7.84. The SMILES string of the molecule is CC1(C)COc2c1cc(C(O)(CN)C(F)F)nc2-c1ccc(F)cc1. The number of pyridine rings is 1. The first-order valence-electron chi connectivity index (χ1n) is 7.84. The molecule has 3 rings (SSSR count). The smallest absolute Gasteiger partial charge is 0.273 e. The quantitative estimate of drug-likeness (QED) is 0.888. The maximum atomic E-state index is 13.5. The molecule has 1 atom stereocenters. The molecule has 0 bridgehead atoms. The van der Waals surface area contributed by atoms with Crippen LogP contribution in [0.1, 0.15) is 25.1 Å². The number of aromatic nitrogens is 1. The summed E-state index contributed by atoms with van der Waals surface area (Å²) in [5.41, 5.74) is 3.62. The number of aliphatic hydroxyl groups is 1. The number of nitrogens with two attached hydrogens (primary N) is 1. The second kappa shape index (κ2) is 6.00. The van der Waals surface area contributed by atoms with Crippen molar-refractivity contribution in [1.29, 1.82) is 0 Å². The summed E-state index contributed by atoms with van der Waals surface area (Å²) in [6.45, 7) is 3.47. The number of ether oxygens (including phenoxy) is 1. The summed E-state index contributed by atoms with van der Waals surface area (Å²) in [4.78, 5) is 4.22. The van der Waals surface area contributed by atoms with E-state index in [0.717, 1.165) is 0 Å². The van der Waals surface area contributed by atoms with Gasteiger partial charge in [0.25, 0.3) is 6.43 Å². The lowest BCUT2D eigenvalue weighted by Gasteiger charge is -2.27. The van der Waals surface area contributed by atoms with Gasteiger partial charge in [0.15, 0.2) is 5.60 Å². The predicted octanol–water partition coefficient (Wildman–Crippen LogP) is 2.97. The van der Waals surface area contributed by atoms with Gasteiger partial charge in [0.05, 0.1) is 12.3 Å².